The molecule has 1 atom stereocenters. The quantitative estimate of drug-likeness (QED) is 0.847. The lowest BCUT2D eigenvalue weighted by Gasteiger charge is -2.21. The second-order valence-corrected chi connectivity index (χ2v) is 9.23. The SMILES string of the molecule is Cc1cc(C)c([C@H](C)NC(=O)c2ccc(N(C)S(C)(=O)=O)c(C)c2)cc1C. The fourth-order valence-electron chi connectivity index (χ4n) is 3.14. The summed E-state index contributed by atoms with van der Waals surface area (Å²) in [6.07, 6.45) is 1.15. The van der Waals surface area contributed by atoms with Gasteiger partial charge in [-0.1, -0.05) is 12.1 Å². The predicted molar refractivity (Wildman–Crippen MR) is 111 cm³/mol. The van der Waals surface area contributed by atoms with Crippen molar-refractivity contribution in [3.05, 3.63) is 63.7 Å². The van der Waals surface area contributed by atoms with Crippen LogP contribution in [0.1, 0.15) is 51.1 Å². The van der Waals surface area contributed by atoms with E-state index >= 15 is 0 Å². The van der Waals surface area contributed by atoms with Crippen LogP contribution in [0.15, 0.2) is 30.3 Å². The highest BCUT2D eigenvalue weighted by Gasteiger charge is 2.18. The van der Waals surface area contributed by atoms with E-state index < -0.39 is 10.0 Å². The molecular weight excluding hydrogens is 360 g/mol. The van der Waals surface area contributed by atoms with Gasteiger partial charge in [0.1, 0.15) is 0 Å². The maximum absolute atomic E-state index is 12.7. The molecule has 0 radical (unpaired) electrons. The van der Waals surface area contributed by atoms with E-state index in [4.69, 9.17) is 0 Å². The fraction of sp³-hybridized carbons (Fsp3) is 0.381. The molecule has 0 heterocycles. The van der Waals surface area contributed by atoms with Crippen LogP contribution in [0.25, 0.3) is 0 Å². The first kappa shape index (κ1) is 21.0. The van der Waals surface area contributed by atoms with Crippen LogP contribution in [0.4, 0.5) is 5.69 Å². The van der Waals surface area contributed by atoms with Gasteiger partial charge in [0.15, 0.2) is 0 Å². The first-order chi connectivity index (χ1) is 12.4. The molecule has 0 aromatic heterocycles. The minimum absolute atomic E-state index is 0.129. The van der Waals surface area contributed by atoms with E-state index in [-0.39, 0.29) is 11.9 Å². The van der Waals surface area contributed by atoms with Crippen LogP contribution in [-0.2, 0) is 10.0 Å². The van der Waals surface area contributed by atoms with Gasteiger partial charge in [0.2, 0.25) is 10.0 Å². The Bertz CT molecular complexity index is 981. The zero-order chi connectivity index (χ0) is 20.5. The smallest absolute Gasteiger partial charge is 0.251 e. The molecule has 2 aromatic carbocycles. The molecule has 146 valence electrons. The lowest BCUT2D eigenvalue weighted by Crippen LogP contribution is -2.28. The Balaban J connectivity index is 2.24. The number of aryl methyl sites for hydroxylation is 4. The number of hydrogen-bond acceptors (Lipinski definition) is 3. The topological polar surface area (TPSA) is 66.5 Å². The summed E-state index contributed by atoms with van der Waals surface area (Å²) >= 11 is 0. The third-order valence-electron chi connectivity index (χ3n) is 4.99. The molecule has 5 nitrogen and oxygen atoms in total. The monoisotopic (exact) mass is 388 g/mol. The summed E-state index contributed by atoms with van der Waals surface area (Å²) in [6.45, 7) is 9.95. The third kappa shape index (κ3) is 4.69. The molecule has 0 aliphatic heterocycles. The molecule has 1 amide bonds. The van der Waals surface area contributed by atoms with Gasteiger partial charge in [-0.3, -0.25) is 9.10 Å². The van der Waals surface area contributed by atoms with Crippen LogP contribution in [0.5, 0.6) is 0 Å². The molecular formula is C21H28N2O3S. The van der Waals surface area contributed by atoms with Crippen LogP contribution in [0.2, 0.25) is 0 Å². The van der Waals surface area contributed by atoms with Crippen molar-refractivity contribution in [2.75, 3.05) is 17.6 Å². The van der Waals surface area contributed by atoms with E-state index in [0.29, 0.717) is 11.3 Å². The van der Waals surface area contributed by atoms with Gasteiger partial charge in [-0.15, -0.1) is 0 Å². The number of sulfonamides is 1. The molecule has 0 spiro atoms. The molecule has 1 N–H and O–H groups in total. The Morgan fingerprint density at radius 1 is 0.963 bits per heavy atom. The van der Waals surface area contributed by atoms with Gasteiger partial charge >= 0.3 is 0 Å². The van der Waals surface area contributed by atoms with Gasteiger partial charge in [0.05, 0.1) is 18.0 Å². The summed E-state index contributed by atoms with van der Waals surface area (Å²) in [7, 11) is -1.84. The van der Waals surface area contributed by atoms with Crippen molar-refractivity contribution in [1.29, 1.82) is 0 Å². The summed E-state index contributed by atoms with van der Waals surface area (Å²) in [5.41, 5.74) is 6.46. The van der Waals surface area contributed by atoms with Crippen molar-refractivity contribution < 1.29 is 13.2 Å². The van der Waals surface area contributed by atoms with Crippen LogP contribution in [0.3, 0.4) is 0 Å². The molecule has 0 aliphatic carbocycles. The zero-order valence-corrected chi connectivity index (χ0v) is 17.9. The van der Waals surface area contributed by atoms with Gasteiger partial charge in [-0.2, -0.15) is 0 Å². The Labute approximate surface area is 162 Å². The molecule has 0 aliphatic rings. The summed E-state index contributed by atoms with van der Waals surface area (Å²) < 4.78 is 24.7. The predicted octanol–water partition coefficient (Wildman–Crippen LogP) is 3.81. The molecule has 0 unspecified atom stereocenters. The van der Waals surface area contributed by atoms with Gasteiger partial charge in [0, 0.05) is 12.6 Å². The average molecular weight is 389 g/mol. The lowest BCUT2D eigenvalue weighted by molar-refractivity contribution is 0.0939. The van der Waals surface area contributed by atoms with Crippen molar-refractivity contribution in [3.8, 4) is 0 Å². The Kier molecular flexibility index (Phi) is 6.00. The molecule has 2 aromatic rings. The van der Waals surface area contributed by atoms with E-state index in [0.717, 1.165) is 22.9 Å². The number of carbonyl (C=O) groups excluding carboxylic acids is 1. The zero-order valence-electron chi connectivity index (χ0n) is 17.0. The molecule has 0 saturated carbocycles. The minimum atomic E-state index is -3.35. The summed E-state index contributed by atoms with van der Waals surface area (Å²) in [5.74, 6) is -0.184. The fourth-order valence-corrected chi connectivity index (χ4v) is 3.70. The molecule has 6 heteroatoms. The van der Waals surface area contributed by atoms with E-state index in [2.05, 4.69) is 31.3 Å². The lowest BCUT2D eigenvalue weighted by atomic mass is 9.96. The van der Waals surface area contributed by atoms with Gasteiger partial charge in [-0.05, 0) is 80.6 Å². The van der Waals surface area contributed by atoms with E-state index in [9.17, 15) is 13.2 Å². The molecule has 0 saturated heterocycles. The van der Waals surface area contributed by atoms with Crippen LogP contribution in [0, 0.1) is 27.7 Å². The number of nitrogens with zero attached hydrogens (tertiary/aromatic N) is 1. The average Bonchev–Trinajstić information content (AvgIpc) is 2.56. The van der Waals surface area contributed by atoms with Crippen molar-refractivity contribution in [2.45, 2.75) is 40.7 Å². The summed E-state index contributed by atoms with van der Waals surface area (Å²) in [5, 5.41) is 3.04. The highest BCUT2D eigenvalue weighted by atomic mass is 32.2. The highest BCUT2D eigenvalue weighted by molar-refractivity contribution is 7.92. The van der Waals surface area contributed by atoms with Gasteiger partial charge < -0.3 is 5.32 Å². The van der Waals surface area contributed by atoms with Crippen molar-refractivity contribution >= 4 is 21.6 Å². The number of hydrogen-bond donors (Lipinski definition) is 1. The van der Waals surface area contributed by atoms with Crippen LogP contribution >= 0.6 is 0 Å². The van der Waals surface area contributed by atoms with E-state index in [1.165, 1.54) is 22.5 Å². The summed E-state index contributed by atoms with van der Waals surface area (Å²) in [4.78, 5) is 12.7. The number of rotatable bonds is 5. The molecule has 27 heavy (non-hydrogen) atoms. The number of benzene rings is 2. The summed E-state index contributed by atoms with van der Waals surface area (Å²) in [6, 6.07) is 9.15. The maximum atomic E-state index is 12.7. The van der Waals surface area contributed by atoms with Gasteiger partial charge in [-0.25, -0.2) is 8.42 Å². The number of anilines is 1. The molecule has 0 fully saturated rings. The normalized spacial score (nSPS) is 12.6. The molecule has 0 bridgehead atoms. The minimum Gasteiger partial charge on any atom is -0.346 e. The number of carbonyl (C=O) groups is 1. The van der Waals surface area contributed by atoms with E-state index in [1.54, 1.807) is 25.1 Å². The Morgan fingerprint density at radius 2 is 1.56 bits per heavy atom. The first-order valence-corrected chi connectivity index (χ1v) is 10.7. The largest absolute Gasteiger partial charge is 0.346 e. The number of amides is 1. The Hall–Kier alpha value is -2.34. The molecule has 2 rings (SSSR count). The Morgan fingerprint density at radius 3 is 2.11 bits per heavy atom. The van der Waals surface area contributed by atoms with Crippen LogP contribution in [-0.4, -0.2) is 27.6 Å². The van der Waals surface area contributed by atoms with Gasteiger partial charge in [0.25, 0.3) is 5.91 Å². The standard InChI is InChI=1S/C21H28N2O3S/c1-13-10-15(3)19(12-14(13)2)17(5)22-21(24)18-8-9-20(16(4)11-18)23(6)27(7,25)26/h8-12,17H,1-7H3,(H,22,24)/t17-/m0/s1. The van der Waals surface area contributed by atoms with Crippen molar-refractivity contribution in [3.63, 3.8) is 0 Å². The maximum Gasteiger partial charge on any atom is 0.251 e. The third-order valence-corrected chi connectivity index (χ3v) is 6.18. The van der Waals surface area contributed by atoms with Crippen molar-refractivity contribution in [1.82, 2.24) is 5.32 Å². The first-order valence-electron chi connectivity index (χ1n) is 8.85. The van der Waals surface area contributed by atoms with Crippen LogP contribution < -0.4 is 9.62 Å². The second kappa shape index (κ2) is 7.72. The van der Waals surface area contributed by atoms with Crippen molar-refractivity contribution in [2.24, 2.45) is 0 Å². The van der Waals surface area contributed by atoms with E-state index in [1.807, 2.05) is 13.8 Å². The second-order valence-electron chi connectivity index (χ2n) is 7.22. The highest BCUT2D eigenvalue weighted by Crippen LogP contribution is 2.24. The number of nitrogens with one attached hydrogen (secondary N) is 1.